The Bertz CT molecular complexity index is 1130. The third kappa shape index (κ3) is 5.19. The standard InChI is InChI=1S/C27H34N4O4/c1-3-34-13-12-31-25-7-5-4-6-24(25)26(29-31)27(32)28-20-14-21-17-35-18-22(15-20)30(21)16-19-8-10-23(33-2)11-9-19/h4-11,20-22H,3,12-18H2,1-2H3,(H,28,32)/t20?,21-,22+. The van der Waals surface area contributed by atoms with E-state index in [1.165, 1.54) is 5.56 Å². The molecule has 8 nitrogen and oxygen atoms in total. The number of carbonyl (C=O) groups is 1. The summed E-state index contributed by atoms with van der Waals surface area (Å²) in [5.41, 5.74) is 2.70. The van der Waals surface area contributed by atoms with E-state index in [0.717, 1.165) is 36.0 Å². The zero-order valence-corrected chi connectivity index (χ0v) is 20.5. The third-order valence-corrected chi connectivity index (χ3v) is 7.06. The predicted octanol–water partition coefficient (Wildman–Crippen LogP) is 3.24. The maximum Gasteiger partial charge on any atom is 0.272 e. The van der Waals surface area contributed by atoms with E-state index in [9.17, 15) is 4.79 Å². The Morgan fingerprint density at radius 2 is 1.86 bits per heavy atom. The van der Waals surface area contributed by atoms with Crippen LogP contribution >= 0.6 is 0 Å². The van der Waals surface area contributed by atoms with Crippen molar-refractivity contribution in [2.45, 2.75) is 51.0 Å². The van der Waals surface area contributed by atoms with Gasteiger partial charge in [-0.3, -0.25) is 14.4 Å². The van der Waals surface area contributed by atoms with Crippen LogP contribution in [-0.4, -0.2) is 72.3 Å². The molecule has 2 aliphatic rings. The number of rotatable bonds is 9. The summed E-state index contributed by atoms with van der Waals surface area (Å²) in [7, 11) is 1.68. The summed E-state index contributed by atoms with van der Waals surface area (Å²) in [4.78, 5) is 15.9. The molecular weight excluding hydrogens is 444 g/mol. The quantitative estimate of drug-likeness (QED) is 0.476. The molecule has 2 aliphatic heterocycles. The lowest BCUT2D eigenvalue weighted by Gasteiger charge is -2.48. The number of hydrogen-bond acceptors (Lipinski definition) is 6. The van der Waals surface area contributed by atoms with Gasteiger partial charge in [0, 0.05) is 36.7 Å². The van der Waals surface area contributed by atoms with Crippen LogP contribution in [0.2, 0.25) is 0 Å². The number of morpholine rings is 1. The molecule has 35 heavy (non-hydrogen) atoms. The van der Waals surface area contributed by atoms with Gasteiger partial charge in [-0.05, 0) is 43.5 Å². The molecule has 1 aromatic heterocycles. The van der Waals surface area contributed by atoms with E-state index in [1.54, 1.807) is 7.11 Å². The Morgan fingerprint density at radius 3 is 2.57 bits per heavy atom. The molecule has 8 heteroatoms. The summed E-state index contributed by atoms with van der Waals surface area (Å²) in [6.45, 7) is 6.07. The van der Waals surface area contributed by atoms with Crippen LogP contribution in [-0.2, 0) is 22.6 Å². The van der Waals surface area contributed by atoms with Gasteiger partial charge in [0.05, 0.1) is 39.0 Å². The third-order valence-electron chi connectivity index (χ3n) is 7.06. The normalized spacial score (nSPS) is 22.3. The highest BCUT2D eigenvalue weighted by atomic mass is 16.5. The van der Waals surface area contributed by atoms with E-state index in [0.29, 0.717) is 38.7 Å². The Kier molecular flexibility index (Phi) is 7.32. The van der Waals surface area contributed by atoms with Crippen LogP contribution < -0.4 is 10.1 Å². The first-order valence-corrected chi connectivity index (χ1v) is 12.5. The molecule has 186 valence electrons. The Morgan fingerprint density at radius 1 is 1.11 bits per heavy atom. The maximum absolute atomic E-state index is 13.3. The minimum atomic E-state index is -0.107. The monoisotopic (exact) mass is 478 g/mol. The molecule has 3 aromatic rings. The summed E-state index contributed by atoms with van der Waals surface area (Å²) in [5, 5.41) is 8.83. The zero-order valence-electron chi connectivity index (χ0n) is 20.5. The SMILES string of the molecule is CCOCCn1nc(C(=O)NC2C[C@H]3COC[C@@H](C2)N3Cc2ccc(OC)cc2)c2ccccc21. The van der Waals surface area contributed by atoms with Gasteiger partial charge in [-0.25, -0.2) is 0 Å². The van der Waals surface area contributed by atoms with E-state index in [1.807, 2.05) is 48.0 Å². The number of hydrogen-bond donors (Lipinski definition) is 1. The van der Waals surface area contributed by atoms with Crippen molar-refractivity contribution in [2.75, 3.05) is 33.5 Å². The zero-order chi connectivity index (χ0) is 24.2. The van der Waals surface area contributed by atoms with Crippen molar-refractivity contribution < 1.29 is 19.0 Å². The average Bonchev–Trinajstić information content (AvgIpc) is 3.24. The molecule has 1 N–H and O–H groups in total. The molecule has 0 spiro atoms. The van der Waals surface area contributed by atoms with E-state index in [2.05, 4.69) is 27.4 Å². The lowest BCUT2D eigenvalue weighted by molar-refractivity contribution is -0.0843. The second-order valence-corrected chi connectivity index (χ2v) is 9.29. The van der Waals surface area contributed by atoms with Crippen LogP contribution in [0, 0.1) is 0 Å². The van der Waals surface area contributed by atoms with Gasteiger partial charge in [-0.15, -0.1) is 0 Å². The minimum absolute atomic E-state index is 0.0980. The molecule has 2 aromatic carbocycles. The highest BCUT2D eigenvalue weighted by Crippen LogP contribution is 2.30. The van der Waals surface area contributed by atoms with Crippen LogP contribution in [0.15, 0.2) is 48.5 Å². The van der Waals surface area contributed by atoms with Crippen LogP contribution in [0.1, 0.15) is 35.8 Å². The van der Waals surface area contributed by atoms with Crippen molar-refractivity contribution in [3.05, 3.63) is 59.8 Å². The number of nitrogens with zero attached hydrogens (tertiary/aromatic N) is 3. The highest BCUT2D eigenvalue weighted by Gasteiger charge is 2.39. The average molecular weight is 479 g/mol. The number of para-hydroxylation sites is 1. The molecule has 1 amide bonds. The van der Waals surface area contributed by atoms with Gasteiger partial charge in [-0.2, -0.15) is 5.10 Å². The number of fused-ring (bicyclic) bond motifs is 3. The molecular formula is C27H34N4O4. The molecule has 1 unspecified atom stereocenters. The maximum atomic E-state index is 13.3. The van der Waals surface area contributed by atoms with E-state index < -0.39 is 0 Å². The van der Waals surface area contributed by atoms with Crippen molar-refractivity contribution >= 4 is 16.8 Å². The number of carbonyl (C=O) groups excluding carboxylic acids is 1. The van der Waals surface area contributed by atoms with Crippen LogP contribution in [0.3, 0.4) is 0 Å². The van der Waals surface area contributed by atoms with Gasteiger partial charge in [0.1, 0.15) is 5.75 Å². The second kappa shape index (κ2) is 10.8. The highest BCUT2D eigenvalue weighted by molar-refractivity contribution is 6.05. The molecule has 2 bridgehead atoms. The van der Waals surface area contributed by atoms with Gasteiger partial charge in [0.25, 0.3) is 5.91 Å². The molecule has 2 saturated heterocycles. The Labute approximate surface area is 206 Å². The molecule has 3 atom stereocenters. The molecule has 2 fully saturated rings. The topological polar surface area (TPSA) is 77.9 Å². The number of benzene rings is 2. The van der Waals surface area contributed by atoms with Crippen molar-refractivity contribution in [1.29, 1.82) is 0 Å². The molecule has 0 radical (unpaired) electrons. The van der Waals surface area contributed by atoms with E-state index in [-0.39, 0.29) is 24.0 Å². The molecule has 0 aliphatic carbocycles. The van der Waals surface area contributed by atoms with Gasteiger partial charge in [-0.1, -0.05) is 30.3 Å². The van der Waals surface area contributed by atoms with Crippen molar-refractivity contribution in [1.82, 2.24) is 20.0 Å². The summed E-state index contributed by atoms with van der Waals surface area (Å²) < 4.78 is 18.5. The Balaban J connectivity index is 1.27. The summed E-state index contributed by atoms with van der Waals surface area (Å²) >= 11 is 0. The first-order valence-electron chi connectivity index (χ1n) is 12.5. The van der Waals surface area contributed by atoms with Crippen molar-refractivity contribution in [3.8, 4) is 5.75 Å². The first-order chi connectivity index (χ1) is 17.2. The predicted molar refractivity (Wildman–Crippen MR) is 134 cm³/mol. The molecule has 3 heterocycles. The number of amides is 1. The van der Waals surface area contributed by atoms with E-state index in [4.69, 9.17) is 14.2 Å². The number of methoxy groups -OCH3 is 1. The second-order valence-electron chi connectivity index (χ2n) is 9.29. The van der Waals surface area contributed by atoms with Crippen LogP contribution in [0.25, 0.3) is 10.9 Å². The van der Waals surface area contributed by atoms with Gasteiger partial charge in [0.2, 0.25) is 0 Å². The number of aromatic nitrogens is 2. The van der Waals surface area contributed by atoms with Gasteiger partial charge in [0.15, 0.2) is 5.69 Å². The van der Waals surface area contributed by atoms with Gasteiger partial charge >= 0.3 is 0 Å². The largest absolute Gasteiger partial charge is 0.497 e. The van der Waals surface area contributed by atoms with Gasteiger partial charge < -0.3 is 19.5 Å². The summed E-state index contributed by atoms with van der Waals surface area (Å²) in [6.07, 6.45) is 1.72. The number of nitrogens with one attached hydrogen (secondary N) is 1. The van der Waals surface area contributed by atoms with Crippen molar-refractivity contribution in [3.63, 3.8) is 0 Å². The molecule has 0 saturated carbocycles. The van der Waals surface area contributed by atoms with E-state index >= 15 is 0 Å². The first kappa shape index (κ1) is 23.8. The minimum Gasteiger partial charge on any atom is -0.497 e. The molecule has 5 rings (SSSR count). The number of ether oxygens (including phenoxy) is 3. The number of piperidine rings is 1. The van der Waals surface area contributed by atoms with Crippen LogP contribution in [0.5, 0.6) is 5.75 Å². The Hall–Kier alpha value is -2.94. The lowest BCUT2D eigenvalue weighted by Crippen LogP contribution is -2.60. The fraction of sp³-hybridized carbons (Fsp3) is 0.481. The van der Waals surface area contributed by atoms with Crippen molar-refractivity contribution in [2.24, 2.45) is 0 Å². The smallest absolute Gasteiger partial charge is 0.272 e. The van der Waals surface area contributed by atoms with Crippen LogP contribution in [0.4, 0.5) is 0 Å². The lowest BCUT2D eigenvalue weighted by atomic mass is 9.89. The summed E-state index contributed by atoms with van der Waals surface area (Å²) in [6, 6.07) is 16.8. The fourth-order valence-corrected chi connectivity index (χ4v) is 5.32. The fourth-order valence-electron chi connectivity index (χ4n) is 5.32. The summed E-state index contributed by atoms with van der Waals surface area (Å²) in [5.74, 6) is 0.760.